The fraction of sp³-hybridized carbons (Fsp3) is 0.426. The predicted molar refractivity (Wildman–Crippen MR) is 505 cm³/mol. The molecule has 12 aromatic rings. The monoisotopic (exact) mass is 1820 g/mol. The fourth-order valence-corrected chi connectivity index (χ4v) is 24.8. The summed E-state index contributed by atoms with van der Waals surface area (Å²) >= 11 is 5.22. The van der Waals surface area contributed by atoms with Crippen molar-refractivity contribution in [2.24, 2.45) is 21.1 Å². The van der Waals surface area contributed by atoms with Gasteiger partial charge in [0, 0.05) is 253 Å². The van der Waals surface area contributed by atoms with Crippen LogP contribution in [0, 0.1) is 38.2 Å². The number of carbonyl (C=O) groups is 3. The second-order valence-corrected chi connectivity index (χ2v) is 38.2. The number of nitrogens with zero attached hydrogens (tertiary/aromatic N) is 22. The molecule has 6 aromatic heterocycles. The number of piperazine rings is 4. The van der Waals surface area contributed by atoms with E-state index >= 15 is 0 Å². The van der Waals surface area contributed by atoms with Gasteiger partial charge in [-0.15, -0.1) is 35.3 Å². The molecule has 678 valence electrons. The van der Waals surface area contributed by atoms with Gasteiger partial charge in [-0.2, -0.15) is 30.2 Å². The van der Waals surface area contributed by atoms with Gasteiger partial charge in [-0.25, -0.2) is 31.9 Å². The van der Waals surface area contributed by atoms with Gasteiger partial charge in [-0.1, -0.05) is 19.7 Å². The largest absolute Gasteiger partial charge is 0.379 e. The minimum atomic E-state index is -0.846. The van der Waals surface area contributed by atoms with Gasteiger partial charge in [0.2, 0.25) is 17.7 Å². The van der Waals surface area contributed by atoms with Crippen LogP contribution in [0.2, 0.25) is 0 Å². The molecule has 9 aliphatic heterocycles. The Bertz CT molecular complexity index is 6540. The van der Waals surface area contributed by atoms with Crippen molar-refractivity contribution in [1.82, 2.24) is 92.3 Å². The van der Waals surface area contributed by atoms with E-state index in [9.17, 15) is 46.3 Å². The van der Waals surface area contributed by atoms with Crippen LogP contribution in [-0.2, 0) is 40.3 Å². The third-order valence-electron chi connectivity index (χ3n) is 27.2. The SMILES string of the molecule is C=CC(=O)N1CCN(c2nc(=O)n3c4c(c(-c5ccc(F)c6cnn(C)c56)c(C)cc24)SCC3CN2CCC(F)C2)CC1.C=CC(=O)N1CCN(c2nc(=O)n3c4c(c(-c5ccc(F)c6cnn(C)c56)c(C)cc24)SCC3CN2CCN(C)CC2)CC1.C=CC(=O)N1CCN(c2nc(=O)n3c4c(c(-c5ccc(F)c6cnn(C)c56)c(C)cc24)SCC3CN2CCOCC2)CC1. The smallest absolute Gasteiger partial charge is 0.350 e. The van der Waals surface area contributed by atoms with E-state index in [1.807, 2.05) is 42.3 Å². The van der Waals surface area contributed by atoms with Crippen molar-refractivity contribution in [2.45, 2.75) is 66.2 Å². The number of carbonyl (C=O) groups excluding carboxylic acids is 3. The van der Waals surface area contributed by atoms with Gasteiger partial charge >= 0.3 is 17.1 Å². The van der Waals surface area contributed by atoms with E-state index in [-0.39, 0.29) is 70.4 Å². The molecule has 4 unspecified atom stereocenters. The molecule has 15 heterocycles. The maximum absolute atomic E-state index is 14.9. The van der Waals surface area contributed by atoms with E-state index in [1.54, 1.807) is 100 Å². The molecule has 0 saturated carbocycles. The lowest BCUT2D eigenvalue weighted by Gasteiger charge is -2.38. The molecular formula is C94H104F4N22O7S3. The van der Waals surface area contributed by atoms with E-state index in [0.29, 0.717) is 163 Å². The van der Waals surface area contributed by atoms with E-state index in [1.165, 1.54) is 36.4 Å². The number of aromatic nitrogens is 12. The number of hydrogen-bond acceptors (Lipinski definition) is 23. The number of rotatable bonds is 15. The average molecular weight is 1830 g/mol. The number of anilines is 3. The molecule has 3 amide bonds. The van der Waals surface area contributed by atoms with Crippen molar-refractivity contribution in [1.29, 1.82) is 0 Å². The summed E-state index contributed by atoms with van der Waals surface area (Å²) in [6.07, 6.45) is 8.36. The van der Waals surface area contributed by atoms with Gasteiger partial charge in [0.15, 0.2) is 0 Å². The molecule has 0 radical (unpaired) electrons. The molecule has 0 bridgehead atoms. The summed E-state index contributed by atoms with van der Waals surface area (Å²) < 4.78 is 74.9. The zero-order chi connectivity index (χ0) is 90.5. The van der Waals surface area contributed by atoms with Crippen LogP contribution < -0.4 is 31.8 Å². The minimum Gasteiger partial charge on any atom is -0.379 e. The molecule has 6 aromatic carbocycles. The van der Waals surface area contributed by atoms with E-state index in [0.717, 1.165) is 172 Å². The van der Waals surface area contributed by atoms with Crippen LogP contribution in [0.1, 0.15) is 41.2 Å². The lowest BCUT2D eigenvalue weighted by molar-refractivity contribution is -0.127. The quantitative estimate of drug-likeness (QED) is 0.0683. The normalized spacial score (nSPS) is 20.0. The maximum atomic E-state index is 14.9. The highest BCUT2D eigenvalue weighted by Gasteiger charge is 2.40. The van der Waals surface area contributed by atoms with Crippen molar-refractivity contribution in [3.05, 3.63) is 177 Å². The van der Waals surface area contributed by atoms with Crippen LogP contribution in [0.5, 0.6) is 0 Å². The summed E-state index contributed by atoms with van der Waals surface area (Å²) in [6.45, 7) is 33.7. The van der Waals surface area contributed by atoms with Crippen molar-refractivity contribution >= 4 is 136 Å². The van der Waals surface area contributed by atoms with Crippen molar-refractivity contribution in [3.8, 4) is 33.4 Å². The molecule has 0 N–H and O–H groups in total. The van der Waals surface area contributed by atoms with Crippen molar-refractivity contribution in [2.75, 3.05) is 203 Å². The van der Waals surface area contributed by atoms with Gasteiger partial charge in [0.1, 0.15) is 41.1 Å². The molecule has 9 aliphatic rings. The second kappa shape index (κ2) is 36.1. The van der Waals surface area contributed by atoms with Gasteiger partial charge < -0.3 is 39.0 Å². The van der Waals surface area contributed by atoms with E-state index in [4.69, 9.17) is 14.7 Å². The van der Waals surface area contributed by atoms with Crippen LogP contribution in [-0.4, -0.2) is 304 Å². The van der Waals surface area contributed by atoms with Crippen molar-refractivity contribution in [3.63, 3.8) is 0 Å². The van der Waals surface area contributed by atoms with Crippen LogP contribution in [0.3, 0.4) is 0 Å². The van der Waals surface area contributed by atoms with Gasteiger partial charge in [-0.3, -0.25) is 56.8 Å². The molecule has 130 heavy (non-hydrogen) atoms. The lowest BCUT2D eigenvalue weighted by Crippen LogP contribution is -2.50. The van der Waals surface area contributed by atoms with E-state index in [2.05, 4.69) is 113 Å². The highest BCUT2D eigenvalue weighted by Crippen LogP contribution is 2.52. The zero-order valence-corrected chi connectivity index (χ0v) is 76.5. The highest BCUT2D eigenvalue weighted by atomic mass is 32.2. The number of ether oxygens (including phenoxy) is 1. The second-order valence-electron chi connectivity index (χ2n) is 35.1. The van der Waals surface area contributed by atoms with Gasteiger partial charge in [0.25, 0.3) is 0 Å². The zero-order valence-electron chi connectivity index (χ0n) is 74.0. The number of thioether (sulfide) groups is 3. The number of likely N-dealkylation sites (N-methyl/N-ethyl adjacent to an activating group) is 1. The molecule has 6 fully saturated rings. The maximum Gasteiger partial charge on any atom is 0.350 e. The number of hydrogen-bond donors (Lipinski definition) is 0. The van der Waals surface area contributed by atoms with Crippen LogP contribution in [0.4, 0.5) is 35.0 Å². The molecule has 21 rings (SSSR count). The first-order chi connectivity index (χ1) is 62.8. The first-order valence-corrected chi connectivity index (χ1v) is 47.4. The van der Waals surface area contributed by atoms with Crippen LogP contribution in [0.15, 0.2) is 140 Å². The molecule has 4 atom stereocenters. The average Bonchev–Trinajstić information content (AvgIpc) is 0.998. The number of aryl methyl sites for hydroxylation is 6. The Labute approximate surface area is 760 Å². The fourth-order valence-electron chi connectivity index (χ4n) is 20.6. The summed E-state index contributed by atoms with van der Waals surface area (Å²) in [4.78, 5) is 117. The molecule has 0 spiro atoms. The number of benzene rings is 6. The summed E-state index contributed by atoms with van der Waals surface area (Å²) in [5.74, 6) is 2.77. The number of likely N-dealkylation sites (tertiary alicyclic amines) is 1. The Balaban J connectivity index is 0.000000126. The third-order valence-corrected chi connectivity index (χ3v) is 31.0. The first kappa shape index (κ1) is 88.0. The lowest BCUT2D eigenvalue weighted by atomic mass is 9.95. The first-order valence-electron chi connectivity index (χ1n) is 44.4. The van der Waals surface area contributed by atoms with Gasteiger partial charge in [0.05, 0.1) is 99.2 Å². The number of halogens is 4. The van der Waals surface area contributed by atoms with Crippen LogP contribution in [0.25, 0.3) is 98.8 Å². The molecule has 36 heteroatoms. The Hall–Kier alpha value is -11.3. The standard InChI is InChI=1S/C32H37FN8O2S.C31H33F2N7O2S.C31H34FN7O3S/c1-5-26(42)39-12-14-40(15-13-39)31-23-16-20(2)27(22-6-7-25(33)24-17-34-37(4)28(22)24)30-29(23)41(32(43)35-31)21(19-44-30)18-38-10-8-36(3)9-11-38;1-4-25(41)38-9-11-39(12-10-38)30-22-13-18(2)26(21-5-6-24(33)23-14-34-36(3)27(21)23)29-28(22)40(31(42)35-30)20(17-43-29)16-37-8-7-19(32)15-37;1-4-25(40)37-7-9-38(10-8-37)30-22-15-19(2)26(21-5-6-24(32)23-16-33-35(3)27(21)23)29-28(22)39(31(41)34-30)20(18-43-29)17-36-11-13-42-14-12-36/h5-7,16-17,21H,1,8-15,18-19H2,2-4H3;4-6,13-14,19-20H,1,7-12,15-17H2,2-3H3;4-6,15-16,20H,1,7-14,17-18H2,2-3H3. The summed E-state index contributed by atoms with van der Waals surface area (Å²) in [5.41, 5.74) is 12.4. The third kappa shape index (κ3) is 16.0. The van der Waals surface area contributed by atoms with Crippen LogP contribution >= 0.6 is 35.3 Å². The van der Waals surface area contributed by atoms with Crippen molar-refractivity contribution < 1.29 is 36.7 Å². The topological polar surface area (TPSA) is 251 Å². The molecule has 0 aliphatic carbocycles. The molecule has 29 nitrogen and oxygen atoms in total. The highest BCUT2D eigenvalue weighted by molar-refractivity contribution is 8.00. The number of fused-ring (bicyclic) bond motifs is 3. The number of amides is 3. The Morgan fingerprint density at radius 2 is 0.731 bits per heavy atom. The Morgan fingerprint density at radius 3 is 1.04 bits per heavy atom. The summed E-state index contributed by atoms with van der Waals surface area (Å²) in [7, 11) is 7.61. The minimum absolute atomic E-state index is 0.0324. The van der Waals surface area contributed by atoms with Gasteiger partial charge in [-0.05, 0) is 124 Å². The number of morpholine rings is 1. The Kier molecular flexibility index (Phi) is 24.5. The molecular weight excluding hydrogens is 1720 g/mol. The summed E-state index contributed by atoms with van der Waals surface area (Å²) in [6, 6.07) is 16.0. The number of alkyl halides is 1. The summed E-state index contributed by atoms with van der Waals surface area (Å²) in [5, 5.41) is 17.2. The molecule has 6 saturated heterocycles. The Morgan fingerprint density at radius 1 is 0.415 bits per heavy atom. The van der Waals surface area contributed by atoms with E-state index < -0.39 is 6.17 Å². The predicted octanol–water partition coefficient (Wildman–Crippen LogP) is 10.3.